The first kappa shape index (κ1) is 19.7. The molecule has 0 radical (unpaired) electrons. The van der Waals surface area contributed by atoms with Gasteiger partial charge in [-0.3, -0.25) is 9.59 Å². The minimum absolute atomic E-state index is 0.0988. The highest BCUT2D eigenvalue weighted by molar-refractivity contribution is 5.94. The number of nitrogens with one attached hydrogen (secondary N) is 1. The zero-order valence-electron chi connectivity index (χ0n) is 16.6. The number of ether oxygens (including phenoxy) is 1. The van der Waals surface area contributed by atoms with Gasteiger partial charge in [-0.1, -0.05) is 12.1 Å². The van der Waals surface area contributed by atoms with Gasteiger partial charge in [0.05, 0.1) is 7.11 Å². The second-order valence-corrected chi connectivity index (χ2v) is 6.85. The monoisotopic (exact) mass is 382 g/mol. The topological polar surface area (TPSA) is 74.8 Å². The molecule has 2 amide bonds. The fourth-order valence-electron chi connectivity index (χ4n) is 3.32. The molecule has 0 bridgehead atoms. The summed E-state index contributed by atoms with van der Waals surface area (Å²) in [5.74, 6) is 1.49. The van der Waals surface area contributed by atoms with Crippen LogP contribution in [0.2, 0.25) is 0 Å². The third kappa shape index (κ3) is 4.42. The molecule has 1 fully saturated rings. The number of pyridine rings is 1. The predicted octanol–water partition coefficient (Wildman–Crippen LogP) is 2.00. The Hall–Kier alpha value is -3.09. The second kappa shape index (κ2) is 8.73. The van der Waals surface area contributed by atoms with E-state index in [4.69, 9.17) is 4.74 Å². The van der Waals surface area contributed by atoms with Gasteiger partial charge in [0.25, 0.3) is 5.91 Å². The Labute approximate surface area is 165 Å². The van der Waals surface area contributed by atoms with Crippen LogP contribution in [0.25, 0.3) is 0 Å². The van der Waals surface area contributed by atoms with Crippen molar-refractivity contribution in [2.75, 3.05) is 38.2 Å². The Morgan fingerprint density at radius 3 is 2.61 bits per heavy atom. The normalized spacial score (nSPS) is 14.0. The third-order valence-electron chi connectivity index (χ3n) is 5.00. The van der Waals surface area contributed by atoms with E-state index >= 15 is 0 Å². The van der Waals surface area contributed by atoms with Crippen molar-refractivity contribution in [2.45, 2.75) is 20.4 Å². The Kier molecular flexibility index (Phi) is 6.13. The summed E-state index contributed by atoms with van der Waals surface area (Å²) in [6.45, 7) is 6.73. The highest BCUT2D eigenvalue weighted by Crippen LogP contribution is 2.21. The maximum absolute atomic E-state index is 12.6. The molecule has 7 heteroatoms. The number of aromatic nitrogens is 1. The van der Waals surface area contributed by atoms with Crippen LogP contribution >= 0.6 is 0 Å². The number of piperazine rings is 1. The molecule has 1 saturated heterocycles. The minimum Gasteiger partial charge on any atom is -0.496 e. The van der Waals surface area contributed by atoms with E-state index in [2.05, 4.69) is 15.2 Å². The molecule has 3 rings (SSSR count). The van der Waals surface area contributed by atoms with Crippen molar-refractivity contribution in [3.8, 4) is 5.75 Å². The molecule has 0 spiro atoms. The van der Waals surface area contributed by atoms with Gasteiger partial charge in [-0.2, -0.15) is 0 Å². The number of hydrogen-bond donors (Lipinski definition) is 1. The van der Waals surface area contributed by atoms with Crippen molar-refractivity contribution >= 4 is 17.6 Å². The van der Waals surface area contributed by atoms with E-state index < -0.39 is 0 Å². The van der Waals surface area contributed by atoms with Crippen LogP contribution in [0.15, 0.2) is 36.5 Å². The van der Waals surface area contributed by atoms with Gasteiger partial charge >= 0.3 is 0 Å². The van der Waals surface area contributed by atoms with Crippen molar-refractivity contribution in [2.24, 2.45) is 0 Å². The van der Waals surface area contributed by atoms with Gasteiger partial charge in [-0.05, 0) is 30.7 Å². The molecule has 0 unspecified atom stereocenters. The van der Waals surface area contributed by atoms with Crippen molar-refractivity contribution in [3.05, 3.63) is 53.2 Å². The highest BCUT2D eigenvalue weighted by atomic mass is 16.5. The van der Waals surface area contributed by atoms with Crippen LogP contribution in [-0.2, 0) is 11.3 Å². The first-order valence-corrected chi connectivity index (χ1v) is 9.37. The number of benzene rings is 1. The van der Waals surface area contributed by atoms with Crippen LogP contribution in [0.4, 0.5) is 5.82 Å². The quantitative estimate of drug-likeness (QED) is 0.856. The summed E-state index contributed by atoms with van der Waals surface area (Å²) < 4.78 is 5.30. The van der Waals surface area contributed by atoms with E-state index in [0.717, 1.165) is 30.0 Å². The third-order valence-corrected chi connectivity index (χ3v) is 5.00. The Bertz CT molecular complexity index is 860. The zero-order valence-corrected chi connectivity index (χ0v) is 16.6. The molecule has 28 heavy (non-hydrogen) atoms. The molecule has 0 aliphatic carbocycles. The van der Waals surface area contributed by atoms with E-state index in [1.54, 1.807) is 32.4 Å². The number of carbonyl (C=O) groups excluding carboxylic acids is 2. The summed E-state index contributed by atoms with van der Waals surface area (Å²) in [6, 6.07) is 9.24. The number of methoxy groups -OCH3 is 1. The minimum atomic E-state index is -0.158. The molecule has 0 atom stereocenters. The predicted molar refractivity (Wildman–Crippen MR) is 108 cm³/mol. The summed E-state index contributed by atoms with van der Waals surface area (Å²) in [5, 5.41) is 2.97. The Morgan fingerprint density at radius 1 is 1.18 bits per heavy atom. The van der Waals surface area contributed by atoms with Gasteiger partial charge < -0.3 is 19.9 Å². The molecule has 1 aliphatic heterocycles. The number of rotatable bonds is 5. The van der Waals surface area contributed by atoms with Gasteiger partial charge in [0.2, 0.25) is 5.91 Å². The summed E-state index contributed by atoms with van der Waals surface area (Å²) in [5.41, 5.74) is 2.49. The van der Waals surface area contributed by atoms with Crippen molar-refractivity contribution in [1.82, 2.24) is 15.2 Å². The largest absolute Gasteiger partial charge is 0.496 e. The second-order valence-electron chi connectivity index (χ2n) is 6.85. The molecule has 2 heterocycles. The Morgan fingerprint density at radius 2 is 1.93 bits per heavy atom. The first-order chi connectivity index (χ1) is 13.5. The number of hydrogen-bond acceptors (Lipinski definition) is 5. The molecule has 1 aromatic heterocycles. The molecule has 7 nitrogen and oxygen atoms in total. The Balaban J connectivity index is 1.67. The number of carbonyl (C=O) groups is 2. The standard InChI is InChI=1S/C21H26N4O3/c1-15-6-7-17(13-19(15)28-3)21(27)23-14-18-5-4-8-22-20(18)25-11-9-24(10-12-25)16(2)26/h4-8,13H,9-12,14H2,1-3H3,(H,23,27). The fraction of sp³-hybridized carbons (Fsp3) is 0.381. The molecule has 1 aliphatic rings. The van der Waals surface area contributed by atoms with Crippen molar-refractivity contribution < 1.29 is 14.3 Å². The van der Waals surface area contributed by atoms with E-state index in [-0.39, 0.29) is 11.8 Å². The van der Waals surface area contributed by atoms with E-state index in [9.17, 15) is 9.59 Å². The average molecular weight is 382 g/mol. The van der Waals surface area contributed by atoms with Crippen LogP contribution < -0.4 is 15.0 Å². The van der Waals surface area contributed by atoms with E-state index in [0.29, 0.717) is 30.9 Å². The number of nitrogens with zero attached hydrogens (tertiary/aromatic N) is 3. The number of amides is 2. The highest BCUT2D eigenvalue weighted by Gasteiger charge is 2.21. The van der Waals surface area contributed by atoms with E-state index in [1.165, 1.54) is 0 Å². The molecular formula is C21H26N4O3. The SMILES string of the molecule is COc1cc(C(=O)NCc2cccnc2N2CCN(C(C)=O)CC2)ccc1C. The summed E-state index contributed by atoms with van der Waals surface area (Å²) in [4.78, 5) is 32.6. The lowest BCUT2D eigenvalue weighted by molar-refractivity contribution is -0.129. The maximum Gasteiger partial charge on any atom is 0.251 e. The van der Waals surface area contributed by atoms with Crippen LogP contribution in [-0.4, -0.2) is 55.0 Å². The van der Waals surface area contributed by atoms with Gasteiger partial charge in [0.15, 0.2) is 0 Å². The maximum atomic E-state index is 12.6. The van der Waals surface area contributed by atoms with Crippen LogP contribution in [0.5, 0.6) is 5.75 Å². The lowest BCUT2D eigenvalue weighted by Gasteiger charge is -2.35. The molecular weight excluding hydrogens is 356 g/mol. The summed E-state index contributed by atoms with van der Waals surface area (Å²) in [6.07, 6.45) is 1.75. The van der Waals surface area contributed by atoms with Crippen molar-refractivity contribution in [1.29, 1.82) is 0 Å². The molecule has 148 valence electrons. The van der Waals surface area contributed by atoms with Crippen molar-refractivity contribution in [3.63, 3.8) is 0 Å². The first-order valence-electron chi connectivity index (χ1n) is 9.37. The fourth-order valence-corrected chi connectivity index (χ4v) is 3.32. The smallest absolute Gasteiger partial charge is 0.251 e. The summed E-state index contributed by atoms with van der Waals surface area (Å²) >= 11 is 0. The lowest BCUT2D eigenvalue weighted by Crippen LogP contribution is -2.48. The van der Waals surface area contributed by atoms with Crippen LogP contribution in [0, 0.1) is 6.92 Å². The van der Waals surface area contributed by atoms with Gasteiger partial charge in [0, 0.05) is 57.0 Å². The van der Waals surface area contributed by atoms with Gasteiger partial charge in [0.1, 0.15) is 11.6 Å². The van der Waals surface area contributed by atoms with Gasteiger partial charge in [-0.15, -0.1) is 0 Å². The van der Waals surface area contributed by atoms with Gasteiger partial charge in [-0.25, -0.2) is 4.98 Å². The van der Waals surface area contributed by atoms with Crippen LogP contribution in [0.3, 0.4) is 0 Å². The molecule has 1 N–H and O–H groups in total. The number of aryl methyl sites for hydroxylation is 1. The van der Waals surface area contributed by atoms with E-state index in [1.807, 2.05) is 30.0 Å². The summed E-state index contributed by atoms with van der Waals surface area (Å²) in [7, 11) is 1.60. The lowest BCUT2D eigenvalue weighted by atomic mass is 10.1. The molecule has 0 saturated carbocycles. The zero-order chi connectivity index (χ0) is 20.1. The average Bonchev–Trinajstić information content (AvgIpc) is 2.72. The number of anilines is 1. The van der Waals surface area contributed by atoms with Crippen LogP contribution in [0.1, 0.15) is 28.4 Å². The molecule has 1 aromatic carbocycles. The molecule has 2 aromatic rings.